The van der Waals surface area contributed by atoms with Crippen LogP contribution >= 0.6 is 0 Å². The maximum absolute atomic E-state index is 12.7. The molecular weight excluding hydrogens is 253 g/mol. The lowest BCUT2D eigenvalue weighted by molar-refractivity contribution is -0.116. The number of aryl methyl sites for hydroxylation is 1. The molecule has 0 aromatic heterocycles. The fourth-order valence-electron chi connectivity index (χ4n) is 1.79. The van der Waals surface area contributed by atoms with Crippen molar-refractivity contribution in [2.24, 2.45) is 0 Å². The number of benzene rings is 2. The van der Waals surface area contributed by atoms with E-state index in [9.17, 15) is 9.18 Å². The van der Waals surface area contributed by atoms with E-state index in [4.69, 9.17) is 0 Å². The van der Waals surface area contributed by atoms with Gasteiger partial charge in [-0.2, -0.15) is 0 Å². The van der Waals surface area contributed by atoms with Crippen LogP contribution in [0.2, 0.25) is 0 Å². The molecule has 0 unspecified atom stereocenters. The van der Waals surface area contributed by atoms with Crippen LogP contribution in [0.3, 0.4) is 0 Å². The molecule has 20 heavy (non-hydrogen) atoms. The summed E-state index contributed by atoms with van der Waals surface area (Å²) < 4.78 is 12.7. The lowest BCUT2D eigenvalue weighted by Crippen LogP contribution is -2.20. The molecule has 2 aromatic rings. The van der Waals surface area contributed by atoms with Crippen molar-refractivity contribution in [1.29, 1.82) is 0 Å². The smallest absolute Gasteiger partial charge is 0.244 e. The summed E-state index contributed by atoms with van der Waals surface area (Å²) >= 11 is 0. The Hall–Kier alpha value is -2.42. The predicted molar refractivity (Wildman–Crippen MR) is 78.5 cm³/mol. The number of halogens is 1. The molecule has 1 N–H and O–H groups in total. The number of carbonyl (C=O) groups is 1. The summed E-state index contributed by atoms with van der Waals surface area (Å²) in [6.45, 7) is 2.38. The van der Waals surface area contributed by atoms with Crippen LogP contribution in [-0.2, 0) is 11.3 Å². The number of hydrogen-bond acceptors (Lipinski definition) is 1. The highest BCUT2D eigenvalue weighted by molar-refractivity contribution is 5.91. The van der Waals surface area contributed by atoms with Gasteiger partial charge in [0, 0.05) is 12.6 Å². The Balaban J connectivity index is 1.90. The number of nitrogens with one attached hydrogen (secondary N) is 1. The lowest BCUT2D eigenvalue weighted by atomic mass is 10.1. The third kappa shape index (κ3) is 4.05. The summed E-state index contributed by atoms with van der Waals surface area (Å²) in [7, 11) is 0. The number of hydrogen-bond donors (Lipinski definition) is 1. The van der Waals surface area contributed by atoms with Gasteiger partial charge in [-0.3, -0.25) is 4.79 Å². The van der Waals surface area contributed by atoms with Crippen LogP contribution in [0.1, 0.15) is 16.7 Å². The number of carbonyl (C=O) groups excluding carboxylic acids is 1. The summed E-state index contributed by atoms with van der Waals surface area (Å²) in [6.07, 6.45) is 3.29. The molecule has 0 radical (unpaired) electrons. The highest BCUT2D eigenvalue weighted by Crippen LogP contribution is 2.08. The zero-order valence-electron chi connectivity index (χ0n) is 11.3. The molecule has 0 saturated heterocycles. The second-order valence-electron chi connectivity index (χ2n) is 4.53. The summed E-state index contributed by atoms with van der Waals surface area (Å²) in [5, 5.41) is 2.76. The molecule has 0 fully saturated rings. The van der Waals surface area contributed by atoms with Gasteiger partial charge in [-0.15, -0.1) is 0 Å². The van der Waals surface area contributed by atoms with E-state index in [1.165, 1.54) is 18.2 Å². The van der Waals surface area contributed by atoms with Crippen molar-refractivity contribution < 1.29 is 9.18 Å². The summed E-state index contributed by atoms with van der Waals surface area (Å²) in [6, 6.07) is 13.9. The fraction of sp³-hybridized carbons (Fsp3) is 0.118. The van der Waals surface area contributed by atoms with Crippen molar-refractivity contribution in [3.63, 3.8) is 0 Å². The van der Waals surface area contributed by atoms with Crippen molar-refractivity contribution in [3.05, 3.63) is 77.1 Å². The van der Waals surface area contributed by atoms with Crippen molar-refractivity contribution in [2.45, 2.75) is 13.5 Å². The molecule has 3 heteroatoms. The molecule has 0 aliphatic heterocycles. The zero-order chi connectivity index (χ0) is 14.4. The Kier molecular flexibility index (Phi) is 4.66. The molecule has 0 atom stereocenters. The van der Waals surface area contributed by atoms with Crippen molar-refractivity contribution >= 4 is 12.0 Å². The van der Waals surface area contributed by atoms with Gasteiger partial charge < -0.3 is 5.32 Å². The van der Waals surface area contributed by atoms with Crippen LogP contribution < -0.4 is 5.32 Å². The first-order valence-electron chi connectivity index (χ1n) is 6.41. The van der Waals surface area contributed by atoms with Crippen LogP contribution in [0, 0.1) is 12.7 Å². The Bertz CT molecular complexity index is 617. The van der Waals surface area contributed by atoms with Crippen LogP contribution in [0.25, 0.3) is 6.08 Å². The van der Waals surface area contributed by atoms with E-state index in [1.54, 1.807) is 18.2 Å². The molecule has 0 aliphatic carbocycles. The average molecular weight is 269 g/mol. The van der Waals surface area contributed by atoms with Crippen LogP contribution in [-0.4, -0.2) is 5.91 Å². The topological polar surface area (TPSA) is 29.1 Å². The maximum Gasteiger partial charge on any atom is 0.244 e. The van der Waals surface area contributed by atoms with E-state index in [-0.39, 0.29) is 11.7 Å². The van der Waals surface area contributed by atoms with Crippen molar-refractivity contribution in [3.8, 4) is 0 Å². The van der Waals surface area contributed by atoms with Gasteiger partial charge >= 0.3 is 0 Å². The molecular formula is C17H16FNO. The summed E-state index contributed by atoms with van der Waals surface area (Å²) in [5.74, 6) is -0.447. The Morgan fingerprint density at radius 3 is 2.55 bits per heavy atom. The standard InChI is InChI=1S/C17H16FNO/c1-13-4-2-3-5-15(13)8-11-17(20)19-12-14-6-9-16(18)10-7-14/h2-11H,12H2,1H3,(H,19,20)/b11-8+. The quantitative estimate of drug-likeness (QED) is 0.846. The van der Waals surface area contributed by atoms with Gasteiger partial charge in [0.15, 0.2) is 0 Å². The largest absolute Gasteiger partial charge is 0.348 e. The van der Waals surface area contributed by atoms with Crippen molar-refractivity contribution in [1.82, 2.24) is 5.32 Å². The molecule has 0 heterocycles. The Morgan fingerprint density at radius 1 is 1.15 bits per heavy atom. The first-order chi connectivity index (χ1) is 9.65. The minimum Gasteiger partial charge on any atom is -0.348 e. The van der Waals surface area contributed by atoms with Crippen LogP contribution in [0.4, 0.5) is 4.39 Å². The van der Waals surface area contributed by atoms with Gasteiger partial charge in [0.05, 0.1) is 0 Å². The third-order valence-electron chi connectivity index (χ3n) is 2.98. The van der Waals surface area contributed by atoms with Gasteiger partial charge in [0.25, 0.3) is 0 Å². The Morgan fingerprint density at radius 2 is 1.85 bits per heavy atom. The minimum absolute atomic E-state index is 0.169. The van der Waals surface area contributed by atoms with E-state index in [0.29, 0.717) is 6.54 Å². The molecule has 2 aromatic carbocycles. The SMILES string of the molecule is Cc1ccccc1/C=C/C(=O)NCc1ccc(F)cc1. The molecule has 0 saturated carbocycles. The molecule has 2 nitrogen and oxygen atoms in total. The van der Waals surface area contributed by atoms with E-state index in [0.717, 1.165) is 16.7 Å². The Labute approximate surface area is 118 Å². The third-order valence-corrected chi connectivity index (χ3v) is 2.98. The normalized spacial score (nSPS) is 10.7. The molecule has 0 spiro atoms. The van der Waals surface area contributed by atoms with Crippen LogP contribution in [0.15, 0.2) is 54.6 Å². The van der Waals surface area contributed by atoms with E-state index >= 15 is 0 Å². The van der Waals surface area contributed by atoms with Crippen molar-refractivity contribution in [2.75, 3.05) is 0 Å². The zero-order valence-corrected chi connectivity index (χ0v) is 11.3. The van der Waals surface area contributed by atoms with E-state index < -0.39 is 0 Å². The summed E-state index contributed by atoms with van der Waals surface area (Å²) in [5.41, 5.74) is 3.00. The number of amides is 1. The van der Waals surface area contributed by atoms with Gasteiger partial charge in [0.2, 0.25) is 5.91 Å². The number of rotatable bonds is 4. The molecule has 0 aliphatic rings. The highest BCUT2D eigenvalue weighted by Gasteiger charge is 1.98. The average Bonchev–Trinajstić information content (AvgIpc) is 2.46. The van der Waals surface area contributed by atoms with E-state index in [1.807, 2.05) is 31.2 Å². The molecule has 2 rings (SSSR count). The highest BCUT2D eigenvalue weighted by atomic mass is 19.1. The van der Waals surface area contributed by atoms with Gasteiger partial charge in [-0.05, 0) is 41.8 Å². The van der Waals surface area contributed by atoms with Gasteiger partial charge in [-0.1, -0.05) is 36.4 Å². The molecule has 102 valence electrons. The fourth-order valence-corrected chi connectivity index (χ4v) is 1.79. The van der Waals surface area contributed by atoms with Gasteiger partial charge in [-0.25, -0.2) is 4.39 Å². The maximum atomic E-state index is 12.7. The molecule has 0 bridgehead atoms. The second-order valence-corrected chi connectivity index (χ2v) is 4.53. The monoisotopic (exact) mass is 269 g/mol. The van der Waals surface area contributed by atoms with Crippen LogP contribution in [0.5, 0.6) is 0 Å². The second kappa shape index (κ2) is 6.66. The first kappa shape index (κ1) is 14.0. The van der Waals surface area contributed by atoms with Gasteiger partial charge in [0.1, 0.15) is 5.82 Å². The predicted octanol–water partition coefficient (Wildman–Crippen LogP) is 3.46. The lowest BCUT2D eigenvalue weighted by Gasteiger charge is -2.03. The summed E-state index contributed by atoms with van der Waals surface area (Å²) in [4.78, 5) is 11.7. The first-order valence-corrected chi connectivity index (χ1v) is 6.41. The minimum atomic E-state index is -0.278. The molecule has 1 amide bonds. The van der Waals surface area contributed by atoms with E-state index in [2.05, 4.69) is 5.32 Å².